The molecule has 31 heavy (non-hydrogen) atoms. The van der Waals surface area contributed by atoms with Crippen molar-refractivity contribution in [1.82, 2.24) is 4.90 Å². The number of likely N-dealkylation sites (tertiary alicyclic amines) is 1. The van der Waals surface area contributed by atoms with Crippen LogP contribution in [0.4, 0.5) is 5.69 Å². The van der Waals surface area contributed by atoms with Crippen LogP contribution in [0.15, 0.2) is 48.5 Å². The number of piperidine rings is 1. The van der Waals surface area contributed by atoms with Crippen LogP contribution in [0.5, 0.6) is 11.5 Å². The zero-order valence-electron chi connectivity index (χ0n) is 18.0. The van der Waals surface area contributed by atoms with Crippen molar-refractivity contribution in [2.75, 3.05) is 31.6 Å². The van der Waals surface area contributed by atoms with Crippen LogP contribution in [-0.4, -0.2) is 49.6 Å². The van der Waals surface area contributed by atoms with Crippen LogP contribution in [0, 0.1) is 6.92 Å². The minimum absolute atomic E-state index is 0.0451. The van der Waals surface area contributed by atoms with E-state index in [1.54, 1.807) is 24.2 Å². The second kappa shape index (κ2) is 9.25. The minimum atomic E-state index is -0.696. The van der Waals surface area contributed by atoms with Gasteiger partial charge in [0.1, 0.15) is 11.5 Å². The number of carbonyl (C=O) groups is 2. The van der Waals surface area contributed by atoms with Gasteiger partial charge in [0, 0.05) is 24.7 Å². The number of amides is 2. The number of aryl methyl sites for hydroxylation is 1. The summed E-state index contributed by atoms with van der Waals surface area (Å²) in [5.74, 6) is 1.02. The van der Waals surface area contributed by atoms with Gasteiger partial charge in [-0.2, -0.15) is 0 Å². The van der Waals surface area contributed by atoms with E-state index in [9.17, 15) is 9.59 Å². The second-order valence-corrected chi connectivity index (χ2v) is 7.99. The van der Waals surface area contributed by atoms with Gasteiger partial charge in [0.2, 0.25) is 0 Å². The topological polar surface area (TPSA) is 59.1 Å². The summed E-state index contributed by atoms with van der Waals surface area (Å²) in [6.07, 6.45) is 5.77. The van der Waals surface area contributed by atoms with Crippen molar-refractivity contribution in [3.63, 3.8) is 0 Å². The summed E-state index contributed by atoms with van der Waals surface area (Å²) in [7, 11) is 1.61. The molecule has 0 saturated carbocycles. The third kappa shape index (κ3) is 4.58. The smallest absolute Gasteiger partial charge is 0.265 e. The predicted molar refractivity (Wildman–Crippen MR) is 120 cm³/mol. The maximum atomic E-state index is 13.2. The Labute approximate surface area is 183 Å². The minimum Gasteiger partial charge on any atom is -0.496 e. The second-order valence-electron chi connectivity index (χ2n) is 7.99. The number of hydrogen-bond acceptors (Lipinski definition) is 4. The van der Waals surface area contributed by atoms with Gasteiger partial charge in [-0.15, -0.1) is 0 Å². The Balaban J connectivity index is 1.58. The monoisotopic (exact) mass is 420 g/mol. The molecule has 1 atom stereocenters. The Kier molecular flexibility index (Phi) is 6.26. The van der Waals surface area contributed by atoms with Crippen LogP contribution < -0.4 is 14.4 Å². The van der Waals surface area contributed by atoms with E-state index in [2.05, 4.69) is 0 Å². The molecule has 1 saturated heterocycles. The van der Waals surface area contributed by atoms with E-state index in [1.807, 2.05) is 48.2 Å². The molecule has 2 aromatic rings. The third-order valence-electron chi connectivity index (χ3n) is 5.77. The van der Waals surface area contributed by atoms with E-state index in [1.165, 1.54) is 6.08 Å². The molecule has 0 spiro atoms. The van der Waals surface area contributed by atoms with Gasteiger partial charge in [0.15, 0.2) is 6.10 Å². The number of benzene rings is 2. The fourth-order valence-corrected chi connectivity index (χ4v) is 4.12. The molecule has 6 nitrogen and oxygen atoms in total. The lowest BCUT2D eigenvalue weighted by Crippen LogP contribution is -2.52. The standard InChI is InChI=1S/C25H28N2O4/c1-18-10-12-21(30-2)19(16-18)11-13-24(28)27-17-23(25(29)26-14-6-3-7-15-26)31-22-9-5-4-8-20(22)27/h4-5,8-13,16,23H,3,6-7,14-15,17H2,1-2H3/b13-11+/t23-/m0/s1. The number of fused-ring (bicyclic) bond motifs is 1. The van der Waals surface area contributed by atoms with Crippen LogP contribution in [0.1, 0.15) is 30.4 Å². The first kappa shape index (κ1) is 21.0. The molecule has 2 aromatic carbocycles. The number of ether oxygens (including phenoxy) is 2. The highest BCUT2D eigenvalue weighted by atomic mass is 16.5. The average molecular weight is 421 g/mol. The summed E-state index contributed by atoms with van der Waals surface area (Å²) in [6, 6.07) is 13.2. The van der Waals surface area contributed by atoms with Crippen molar-refractivity contribution in [2.24, 2.45) is 0 Å². The Morgan fingerprint density at radius 2 is 1.87 bits per heavy atom. The van der Waals surface area contributed by atoms with Crippen molar-refractivity contribution >= 4 is 23.6 Å². The van der Waals surface area contributed by atoms with E-state index in [0.717, 1.165) is 43.5 Å². The first-order chi connectivity index (χ1) is 15.1. The largest absolute Gasteiger partial charge is 0.496 e. The van der Waals surface area contributed by atoms with Gasteiger partial charge in [-0.25, -0.2) is 0 Å². The lowest BCUT2D eigenvalue weighted by molar-refractivity contribution is -0.139. The molecular formula is C25H28N2O4. The number of anilines is 1. The molecule has 0 N–H and O–H groups in total. The fourth-order valence-electron chi connectivity index (χ4n) is 4.12. The predicted octanol–water partition coefficient (Wildman–Crippen LogP) is 3.82. The maximum absolute atomic E-state index is 13.2. The fraction of sp³-hybridized carbons (Fsp3) is 0.360. The number of para-hydroxylation sites is 2. The molecule has 4 rings (SSSR count). The van der Waals surface area contributed by atoms with E-state index in [0.29, 0.717) is 17.2 Å². The first-order valence-corrected chi connectivity index (χ1v) is 10.8. The molecule has 0 aromatic heterocycles. The maximum Gasteiger partial charge on any atom is 0.265 e. The molecule has 162 valence electrons. The number of nitrogens with zero attached hydrogens (tertiary/aromatic N) is 2. The van der Waals surface area contributed by atoms with Crippen LogP contribution in [0.3, 0.4) is 0 Å². The van der Waals surface area contributed by atoms with E-state index in [4.69, 9.17) is 9.47 Å². The zero-order chi connectivity index (χ0) is 21.8. The van der Waals surface area contributed by atoms with E-state index in [-0.39, 0.29) is 18.4 Å². The van der Waals surface area contributed by atoms with Gasteiger partial charge in [-0.3, -0.25) is 9.59 Å². The molecular weight excluding hydrogens is 392 g/mol. The highest BCUT2D eigenvalue weighted by Crippen LogP contribution is 2.34. The van der Waals surface area contributed by atoms with Crippen molar-refractivity contribution in [3.05, 3.63) is 59.7 Å². The average Bonchev–Trinajstić information content (AvgIpc) is 2.82. The molecule has 2 aliphatic heterocycles. The number of carbonyl (C=O) groups excluding carboxylic acids is 2. The number of rotatable bonds is 4. The zero-order valence-corrected chi connectivity index (χ0v) is 18.0. The Bertz CT molecular complexity index is 995. The highest BCUT2D eigenvalue weighted by Gasteiger charge is 2.35. The molecule has 2 amide bonds. The summed E-state index contributed by atoms with van der Waals surface area (Å²) in [6.45, 7) is 3.69. The normalized spacial score (nSPS) is 18.5. The van der Waals surface area contributed by atoms with Gasteiger partial charge in [-0.1, -0.05) is 23.8 Å². The van der Waals surface area contributed by atoms with Crippen molar-refractivity contribution in [3.8, 4) is 11.5 Å². The quantitative estimate of drug-likeness (QED) is 0.706. The lowest BCUT2D eigenvalue weighted by atomic mass is 10.1. The number of hydrogen-bond donors (Lipinski definition) is 0. The molecule has 6 heteroatoms. The van der Waals surface area contributed by atoms with Crippen molar-refractivity contribution in [2.45, 2.75) is 32.3 Å². The third-order valence-corrected chi connectivity index (χ3v) is 5.77. The molecule has 0 radical (unpaired) electrons. The van der Waals surface area contributed by atoms with Crippen LogP contribution in [-0.2, 0) is 9.59 Å². The van der Waals surface area contributed by atoms with Crippen LogP contribution >= 0.6 is 0 Å². The molecule has 0 unspecified atom stereocenters. The lowest BCUT2D eigenvalue weighted by Gasteiger charge is -2.37. The summed E-state index contributed by atoms with van der Waals surface area (Å²) < 4.78 is 11.4. The van der Waals surface area contributed by atoms with Gasteiger partial charge in [0.05, 0.1) is 19.3 Å². The summed E-state index contributed by atoms with van der Waals surface area (Å²) in [5.41, 5.74) is 2.59. The molecule has 0 bridgehead atoms. The number of methoxy groups -OCH3 is 1. The van der Waals surface area contributed by atoms with Gasteiger partial charge >= 0.3 is 0 Å². The first-order valence-electron chi connectivity index (χ1n) is 10.8. The summed E-state index contributed by atoms with van der Waals surface area (Å²) >= 11 is 0. The van der Waals surface area contributed by atoms with Gasteiger partial charge in [0.25, 0.3) is 11.8 Å². The van der Waals surface area contributed by atoms with Gasteiger partial charge in [-0.05, 0) is 56.5 Å². The van der Waals surface area contributed by atoms with E-state index >= 15 is 0 Å². The van der Waals surface area contributed by atoms with E-state index < -0.39 is 6.10 Å². The summed E-state index contributed by atoms with van der Waals surface area (Å²) in [5, 5.41) is 0. The molecule has 2 aliphatic rings. The SMILES string of the molecule is COc1ccc(C)cc1/C=C/C(=O)N1C[C@@H](C(=O)N2CCCCC2)Oc2ccccc21. The summed E-state index contributed by atoms with van der Waals surface area (Å²) in [4.78, 5) is 29.7. The van der Waals surface area contributed by atoms with Gasteiger partial charge < -0.3 is 19.3 Å². The molecule has 2 heterocycles. The molecule has 1 fully saturated rings. The Morgan fingerprint density at radius 1 is 1.10 bits per heavy atom. The highest BCUT2D eigenvalue weighted by molar-refractivity contribution is 6.06. The molecule has 0 aliphatic carbocycles. The van der Waals surface area contributed by atoms with Crippen molar-refractivity contribution in [1.29, 1.82) is 0 Å². The van der Waals surface area contributed by atoms with Crippen molar-refractivity contribution < 1.29 is 19.1 Å². The Hall–Kier alpha value is -3.28. The Morgan fingerprint density at radius 3 is 2.65 bits per heavy atom. The van der Waals surface area contributed by atoms with Crippen LogP contribution in [0.2, 0.25) is 0 Å². The van der Waals surface area contributed by atoms with Crippen LogP contribution in [0.25, 0.3) is 6.08 Å².